The third kappa shape index (κ3) is 5.57. The summed E-state index contributed by atoms with van der Waals surface area (Å²) in [7, 11) is 0. The molecule has 1 atom stereocenters. The number of aromatic nitrogens is 1. The number of hydrogen-bond donors (Lipinski definition) is 1. The fourth-order valence-electron chi connectivity index (χ4n) is 1.21. The van der Waals surface area contributed by atoms with Crippen LogP contribution in [0.5, 0.6) is 0 Å². The molecule has 0 aliphatic heterocycles. The first-order valence-electron chi connectivity index (χ1n) is 5.50. The molecule has 1 rings (SSSR count). The van der Waals surface area contributed by atoms with Gasteiger partial charge in [-0.2, -0.15) is 0 Å². The van der Waals surface area contributed by atoms with Gasteiger partial charge in [0.15, 0.2) is 0 Å². The molecule has 0 fully saturated rings. The zero-order chi connectivity index (χ0) is 10.8. The van der Waals surface area contributed by atoms with Crippen molar-refractivity contribution in [2.45, 2.75) is 46.6 Å². The van der Waals surface area contributed by atoms with E-state index in [9.17, 15) is 0 Å². The molecular weight excluding hydrogens is 172 g/mol. The van der Waals surface area contributed by atoms with E-state index in [-0.39, 0.29) is 0 Å². The molecule has 0 aliphatic carbocycles. The topological polar surface area (TPSA) is 24.9 Å². The monoisotopic (exact) mass is 194 g/mol. The molecule has 0 aliphatic rings. The molecule has 1 aromatic heterocycles. The third-order valence-corrected chi connectivity index (χ3v) is 1.78. The highest BCUT2D eigenvalue weighted by Gasteiger charge is 1.99. The molecule has 0 aromatic carbocycles. The minimum atomic E-state index is 0.518. The molecule has 0 saturated carbocycles. The van der Waals surface area contributed by atoms with E-state index >= 15 is 0 Å². The van der Waals surface area contributed by atoms with Gasteiger partial charge in [-0.25, -0.2) is 4.98 Å². The third-order valence-electron chi connectivity index (χ3n) is 1.78. The van der Waals surface area contributed by atoms with E-state index in [0.717, 1.165) is 5.82 Å². The predicted molar refractivity (Wildman–Crippen MR) is 63.6 cm³/mol. The smallest absolute Gasteiger partial charge is 0.126 e. The molecule has 80 valence electrons. The van der Waals surface area contributed by atoms with Gasteiger partial charge in [-0.3, -0.25) is 0 Å². The van der Waals surface area contributed by atoms with E-state index in [1.54, 1.807) is 6.20 Å². The molecule has 2 nitrogen and oxygen atoms in total. The molecule has 0 spiro atoms. The molecule has 1 N–H and O–H groups in total. The number of anilines is 1. The van der Waals surface area contributed by atoms with E-state index in [2.05, 4.69) is 24.1 Å². The Kier molecular flexibility index (Phi) is 7.90. The molecule has 0 bridgehead atoms. The highest BCUT2D eigenvalue weighted by atomic mass is 15.0. The average Bonchev–Trinajstić information content (AvgIpc) is 2.22. The van der Waals surface area contributed by atoms with Crippen molar-refractivity contribution in [3.8, 4) is 0 Å². The van der Waals surface area contributed by atoms with E-state index < -0.39 is 0 Å². The summed E-state index contributed by atoms with van der Waals surface area (Å²) in [5.74, 6) is 0.971. The second kappa shape index (κ2) is 8.54. The highest BCUT2D eigenvalue weighted by molar-refractivity contribution is 5.33. The molecule has 0 radical (unpaired) electrons. The van der Waals surface area contributed by atoms with Crippen molar-refractivity contribution < 1.29 is 0 Å². The number of nitrogens with zero attached hydrogens (tertiary/aromatic N) is 1. The molecule has 1 aromatic rings. The number of nitrogens with one attached hydrogen (secondary N) is 1. The van der Waals surface area contributed by atoms with E-state index in [1.165, 1.54) is 12.8 Å². The molecular formula is C12H22N2. The maximum atomic E-state index is 4.19. The Labute approximate surface area is 87.8 Å². The van der Waals surface area contributed by atoms with Crippen LogP contribution < -0.4 is 5.32 Å². The first-order chi connectivity index (χ1) is 6.83. The number of pyridine rings is 1. The molecule has 0 amide bonds. The van der Waals surface area contributed by atoms with Crippen LogP contribution in [0.4, 0.5) is 5.82 Å². The van der Waals surface area contributed by atoms with Crippen molar-refractivity contribution in [2.24, 2.45) is 0 Å². The van der Waals surface area contributed by atoms with Crippen molar-refractivity contribution in [1.29, 1.82) is 0 Å². The Morgan fingerprint density at radius 1 is 1.36 bits per heavy atom. The minimum Gasteiger partial charge on any atom is -0.368 e. The van der Waals surface area contributed by atoms with Gasteiger partial charge in [0.05, 0.1) is 0 Å². The summed E-state index contributed by atoms with van der Waals surface area (Å²) in [5.41, 5.74) is 0. The van der Waals surface area contributed by atoms with Crippen molar-refractivity contribution in [2.75, 3.05) is 5.32 Å². The molecule has 1 unspecified atom stereocenters. The second-order valence-electron chi connectivity index (χ2n) is 3.05. The molecule has 1 heterocycles. The van der Waals surface area contributed by atoms with Crippen LogP contribution >= 0.6 is 0 Å². The zero-order valence-corrected chi connectivity index (χ0v) is 9.75. The van der Waals surface area contributed by atoms with Gasteiger partial charge in [-0.15, -0.1) is 0 Å². The summed E-state index contributed by atoms with van der Waals surface area (Å²) < 4.78 is 0. The number of rotatable bonds is 4. The molecule has 14 heavy (non-hydrogen) atoms. The van der Waals surface area contributed by atoms with Crippen LogP contribution in [0, 0.1) is 0 Å². The maximum absolute atomic E-state index is 4.19. The normalized spacial score (nSPS) is 11.1. The fraction of sp³-hybridized carbons (Fsp3) is 0.583. The van der Waals surface area contributed by atoms with E-state index in [1.807, 2.05) is 32.0 Å². The van der Waals surface area contributed by atoms with Gasteiger partial charge in [0.25, 0.3) is 0 Å². The predicted octanol–water partition coefficient (Wildman–Crippen LogP) is 3.71. The summed E-state index contributed by atoms with van der Waals surface area (Å²) >= 11 is 0. The van der Waals surface area contributed by atoms with Crippen LogP contribution in [0.2, 0.25) is 0 Å². The van der Waals surface area contributed by atoms with Crippen LogP contribution in [0.25, 0.3) is 0 Å². The zero-order valence-electron chi connectivity index (χ0n) is 9.75. The fourth-order valence-corrected chi connectivity index (χ4v) is 1.21. The largest absolute Gasteiger partial charge is 0.368 e. The summed E-state index contributed by atoms with van der Waals surface area (Å²) in [5, 5.41) is 3.33. The molecule has 2 heteroatoms. The highest BCUT2D eigenvalue weighted by Crippen LogP contribution is 2.05. The van der Waals surface area contributed by atoms with Crippen molar-refractivity contribution in [3.63, 3.8) is 0 Å². The van der Waals surface area contributed by atoms with Gasteiger partial charge in [-0.05, 0) is 25.5 Å². The van der Waals surface area contributed by atoms with Gasteiger partial charge in [0, 0.05) is 12.2 Å². The van der Waals surface area contributed by atoms with Gasteiger partial charge in [-0.1, -0.05) is 33.3 Å². The average molecular weight is 194 g/mol. The van der Waals surface area contributed by atoms with Gasteiger partial charge in [0.2, 0.25) is 0 Å². The lowest BCUT2D eigenvalue weighted by Gasteiger charge is -2.12. The van der Waals surface area contributed by atoms with Gasteiger partial charge in [0.1, 0.15) is 5.82 Å². The first kappa shape index (κ1) is 12.9. The lowest BCUT2D eigenvalue weighted by atomic mass is 10.2. The van der Waals surface area contributed by atoms with E-state index in [0.29, 0.717) is 6.04 Å². The van der Waals surface area contributed by atoms with Crippen LogP contribution in [-0.4, -0.2) is 11.0 Å². The van der Waals surface area contributed by atoms with Crippen molar-refractivity contribution in [1.82, 2.24) is 4.98 Å². The lowest BCUT2D eigenvalue weighted by Crippen LogP contribution is -2.15. The van der Waals surface area contributed by atoms with Gasteiger partial charge >= 0.3 is 0 Å². The van der Waals surface area contributed by atoms with Crippen LogP contribution in [0.1, 0.15) is 40.5 Å². The Bertz CT molecular complexity index is 209. The van der Waals surface area contributed by atoms with E-state index in [4.69, 9.17) is 0 Å². The summed E-state index contributed by atoms with van der Waals surface area (Å²) in [6.07, 6.45) is 4.21. The lowest BCUT2D eigenvalue weighted by molar-refractivity contribution is 0.687. The Morgan fingerprint density at radius 2 is 2.07 bits per heavy atom. The Balaban J connectivity index is 0.000000791. The van der Waals surface area contributed by atoms with Crippen molar-refractivity contribution in [3.05, 3.63) is 24.4 Å². The van der Waals surface area contributed by atoms with Crippen LogP contribution in [-0.2, 0) is 0 Å². The van der Waals surface area contributed by atoms with Crippen LogP contribution in [0.15, 0.2) is 24.4 Å². The molecule has 0 saturated heterocycles. The second-order valence-corrected chi connectivity index (χ2v) is 3.05. The minimum absolute atomic E-state index is 0.518. The van der Waals surface area contributed by atoms with Crippen LogP contribution in [0.3, 0.4) is 0 Å². The standard InChI is InChI=1S/C10H16N2.C2H6/c1-3-6-9(2)12-10-7-4-5-8-11-10;1-2/h4-5,7-9H,3,6H2,1-2H3,(H,11,12);1-2H3. The summed E-state index contributed by atoms with van der Waals surface area (Å²) in [6.45, 7) is 8.37. The number of hydrogen-bond acceptors (Lipinski definition) is 2. The first-order valence-corrected chi connectivity index (χ1v) is 5.50. The Hall–Kier alpha value is -1.05. The quantitative estimate of drug-likeness (QED) is 0.790. The van der Waals surface area contributed by atoms with Gasteiger partial charge < -0.3 is 5.32 Å². The summed E-state index contributed by atoms with van der Waals surface area (Å²) in [4.78, 5) is 4.19. The Morgan fingerprint density at radius 3 is 2.57 bits per heavy atom. The maximum Gasteiger partial charge on any atom is 0.126 e. The summed E-state index contributed by atoms with van der Waals surface area (Å²) in [6, 6.07) is 6.43. The SMILES string of the molecule is CC.CCCC(C)Nc1ccccn1. The van der Waals surface area contributed by atoms with Crippen molar-refractivity contribution >= 4 is 5.82 Å².